The molecule has 3 rings (SSSR count). The molecule has 0 amide bonds. The van der Waals surface area contributed by atoms with Crippen molar-refractivity contribution in [2.45, 2.75) is 20.5 Å². The minimum absolute atomic E-state index is 0.593. The van der Waals surface area contributed by atoms with Crippen molar-refractivity contribution in [2.24, 2.45) is 0 Å². The molecule has 2 nitrogen and oxygen atoms in total. The first-order valence-electron chi connectivity index (χ1n) is 6.50. The Morgan fingerprint density at radius 3 is 2.58 bits per heavy atom. The molecule has 0 atom stereocenters. The molecule has 0 aliphatic rings. The van der Waals surface area contributed by atoms with Gasteiger partial charge in [0.05, 0.1) is 0 Å². The second-order valence-electron chi connectivity index (χ2n) is 4.87. The van der Waals surface area contributed by atoms with Crippen LogP contribution in [0.15, 0.2) is 48.7 Å². The van der Waals surface area contributed by atoms with Crippen LogP contribution < -0.4 is 4.74 Å². The Labute approximate surface area is 113 Å². The van der Waals surface area contributed by atoms with Crippen molar-refractivity contribution in [3.63, 3.8) is 0 Å². The maximum atomic E-state index is 5.92. The van der Waals surface area contributed by atoms with Gasteiger partial charge in [-0.15, -0.1) is 0 Å². The molecule has 0 aliphatic carbocycles. The molecule has 2 aromatic carbocycles. The summed E-state index contributed by atoms with van der Waals surface area (Å²) in [6, 6.07) is 14.4. The van der Waals surface area contributed by atoms with Gasteiger partial charge in [0, 0.05) is 22.7 Å². The van der Waals surface area contributed by atoms with E-state index in [2.05, 4.69) is 43.1 Å². The van der Waals surface area contributed by atoms with Crippen LogP contribution in [0.2, 0.25) is 0 Å². The highest BCUT2D eigenvalue weighted by Crippen LogP contribution is 2.24. The SMILES string of the molecule is Cc1ccccc1OCc1c[nH]c2cccc(C)c12. The van der Waals surface area contributed by atoms with E-state index < -0.39 is 0 Å². The van der Waals surface area contributed by atoms with Crippen LogP contribution in [0.3, 0.4) is 0 Å². The minimum atomic E-state index is 0.593. The van der Waals surface area contributed by atoms with Crippen LogP contribution in [0, 0.1) is 13.8 Å². The summed E-state index contributed by atoms with van der Waals surface area (Å²) in [4.78, 5) is 3.30. The number of fused-ring (bicyclic) bond motifs is 1. The van der Waals surface area contributed by atoms with Crippen molar-refractivity contribution in [3.05, 3.63) is 65.4 Å². The Bertz CT molecular complexity index is 712. The summed E-state index contributed by atoms with van der Waals surface area (Å²) in [5.41, 5.74) is 4.82. The Balaban J connectivity index is 1.89. The molecule has 1 heterocycles. The molecule has 0 fully saturated rings. The Morgan fingerprint density at radius 1 is 0.947 bits per heavy atom. The van der Waals surface area contributed by atoms with E-state index in [0.29, 0.717) is 6.61 Å². The Morgan fingerprint density at radius 2 is 1.74 bits per heavy atom. The summed E-state index contributed by atoms with van der Waals surface area (Å²) in [5.74, 6) is 0.949. The number of ether oxygens (including phenoxy) is 1. The molecule has 3 aromatic rings. The van der Waals surface area contributed by atoms with E-state index in [1.165, 1.54) is 27.6 Å². The van der Waals surface area contributed by atoms with Gasteiger partial charge >= 0.3 is 0 Å². The Kier molecular flexibility index (Phi) is 3.00. The van der Waals surface area contributed by atoms with Crippen molar-refractivity contribution in [1.29, 1.82) is 0 Å². The predicted octanol–water partition coefficient (Wildman–Crippen LogP) is 4.36. The lowest BCUT2D eigenvalue weighted by Crippen LogP contribution is -1.96. The van der Waals surface area contributed by atoms with Gasteiger partial charge in [-0.25, -0.2) is 0 Å². The van der Waals surface area contributed by atoms with Crippen LogP contribution >= 0.6 is 0 Å². The minimum Gasteiger partial charge on any atom is -0.489 e. The van der Waals surface area contributed by atoms with Gasteiger partial charge in [0.1, 0.15) is 12.4 Å². The summed E-state index contributed by atoms with van der Waals surface area (Å²) >= 11 is 0. The van der Waals surface area contributed by atoms with Crippen LogP contribution in [-0.2, 0) is 6.61 Å². The maximum absolute atomic E-state index is 5.92. The zero-order chi connectivity index (χ0) is 13.2. The third-order valence-electron chi connectivity index (χ3n) is 3.47. The molecular weight excluding hydrogens is 234 g/mol. The number of rotatable bonds is 3. The van der Waals surface area contributed by atoms with Crippen molar-refractivity contribution < 1.29 is 4.74 Å². The number of H-pyrrole nitrogens is 1. The summed E-state index contributed by atoms with van der Waals surface area (Å²) in [6.07, 6.45) is 2.04. The van der Waals surface area contributed by atoms with E-state index in [-0.39, 0.29) is 0 Å². The fraction of sp³-hybridized carbons (Fsp3) is 0.176. The molecule has 0 bridgehead atoms. The molecule has 0 saturated heterocycles. The molecular formula is C17H17NO. The lowest BCUT2D eigenvalue weighted by molar-refractivity contribution is 0.305. The second kappa shape index (κ2) is 4.81. The van der Waals surface area contributed by atoms with E-state index in [1.54, 1.807) is 0 Å². The van der Waals surface area contributed by atoms with Gasteiger partial charge in [-0.1, -0.05) is 30.3 Å². The monoisotopic (exact) mass is 251 g/mol. The van der Waals surface area contributed by atoms with Crippen LogP contribution in [0.4, 0.5) is 0 Å². The number of hydrogen-bond donors (Lipinski definition) is 1. The molecule has 2 heteroatoms. The average Bonchev–Trinajstić information content (AvgIpc) is 2.83. The van der Waals surface area contributed by atoms with Gasteiger partial charge in [0.25, 0.3) is 0 Å². The molecule has 0 unspecified atom stereocenters. The number of aromatic amines is 1. The van der Waals surface area contributed by atoms with Gasteiger partial charge in [-0.05, 0) is 37.1 Å². The molecule has 1 aromatic heterocycles. The lowest BCUT2D eigenvalue weighted by atomic mass is 10.1. The molecule has 0 aliphatic heterocycles. The summed E-state index contributed by atoms with van der Waals surface area (Å²) in [5, 5.41) is 1.27. The number of aromatic nitrogens is 1. The number of nitrogens with one attached hydrogen (secondary N) is 1. The average molecular weight is 251 g/mol. The molecule has 1 N–H and O–H groups in total. The van der Waals surface area contributed by atoms with Crippen LogP contribution in [0.25, 0.3) is 10.9 Å². The third kappa shape index (κ3) is 2.22. The second-order valence-corrected chi connectivity index (χ2v) is 4.87. The summed E-state index contributed by atoms with van der Waals surface area (Å²) < 4.78 is 5.92. The zero-order valence-corrected chi connectivity index (χ0v) is 11.2. The standard InChI is InChI=1S/C17H17NO/c1-12-6-3-4-9-16(12)19-11-14-10-18-15-8-5-7-13(2)17(14)15/h3-10,18H,11H2,1-2H3. The van der Waals surface area contributed by atoms with Crippen LogP contribution in [-0.4, -0.2) is 4.98 Å². The lowest BCUT2D eigenvalue weighted by Gasteiger charge is -2.08. The Hall–Kier alpha value is -2.22. The highest BCUT2D eigenvalue weighted by molar-refractivity contribution is 5.86. The smallest absolute Gasteiger partial charge is 0.122 e. The number of benzene rings is 2. The fourth-order valence-electron chi connectivity index (χ4n) is 2.44. The topological polar surface area (TPSA) is 25.0 Å². The van der Waals surface area contributed by atoms with Crippen LogP contribution in [0.5, 0.6) is 5.75 Å². The van der Waals surface area contributed by atoms with E-state index in [1.807, 2.05) is 24.4 Å². The van der Waals surface area contributed by atoms with Gasteiger partial charge in [-0.3, -0.25) is 0 Å². The summed E-state index contributed by atoms with van der Waals surface area (Å²) in [7, 11) is 0. The van der Waals surface area contributed by atoms with Gasteiger partial charge < -0.3 is 9.72 Å². The van der Waals surface area contributed by atoms with Crippen molar-refractivity contribution in [2.75, 3.05) is 0 Å². The van der Waals surface area contributed by atoms with E-state index in [4.69, 9.17) is 4.74 Å². The summed E-state index contributed by atoms with van der Waals surface area (Å²) in [6.45, 7) is 4.79. The van der Waals surface area contributed by atoms with E-state index >= 15 is 0 Å². The number of aryl methyl sites for hydroxylation is 2. The van der Waals surface area contributed by atoms with Crippen molar-refractivity contribution in [1.82, 2.24) is 4.98 Å². The quantitative estimate of drug-likeness (QED) is 0.735. The van der Waals surface area contributed by atoms with E-state index in [9.17, 15) is 0 Å². The van der Waals surface area contributed by atoms with Gasteiger partial charge in [0.2, 0.25) is 0 Å². The zero-order valence-electron chi connectivity index (χ0n) is 11.2. The van der Waals surface area contributed by atoms with Crippen LogP contribution in [0.1, 0.15) is 16.7 Å². The fourth-order valence-corrected chi connectivity index (χ4v) is 2.44. The number of para-hydroxylation sites is 1. The molecule has 0 saturated carbocycles. The first-order valence-corrected chi connectivity index (χ1v) is 6.50. The van der Waals surface area contributed by atoms with Crippen molar-refractivity contribution in [3.8, 4) is 5.75 Å². The third-order valence-corrected chi connectivity index (χ3v) is 3.47. The van der Waals surface area contributed by atoms with E-state index in [0.717, 1.165) is 5.75 Å². The molecule has 96 valence electrons. The maximum Gasteiger partial charge on any atom is 0.122 e. The number of hydrogen-bond acceptors (Lipinski definition) is 1. The normalized spacial score (nSPS) is 10.8. The first-order chi connectivity index (χ1) is 9.25. The highest BCUT2D eigenvalue weighted by atomic mass is 16.5. The predicted molar refractivity (Wildman–Crippen MR) is 78.5 cm³/mol. The molecule has 19 heavy (non-hydrogen) atoms. The van der Waals surface area contributed by atoms with Gasteiger partial charge in [-0.2, -0.15) is 0 Å². The molecule has 0 spiro atoms. The first kappa shape index (κ1) is 11.8. The van der Waals surface area contributed by atoms with Gasteiger partial charge in [0.15, 0.2) is 0 Å². The van der Waals surface area contributed by atoms with Crippen molar-refractivity contribution >= 4 is 10.9 Å². The molecule has 0 radical (unpaired) electrons. The highest BCUT2D eigenvalue weighted by Gasteiger charge is 2.07. The largest absolute Gasteiger partial charge is 0.489 e.